The van der Waals surface area contributed by atoms with Crippen LogP contribution >= 0.6 is 0 Å². The van der Waals surface area contributed by atoms with Crippen molar-refractivity contribution in [3.05, 3.63) is 65.7 Å². The molecule has 1 fully saturated rings. The molecule has 1 aliphatic heterocycles. The summed E-state index contributed by atoms with van der Waals surface area (Å²) in [7, 11) is -2.08. The molecule has 0 aliphatic carbocycles. The first kappa shape index (κ1) is 23.2. The lowest BCUT2D eigenvalue weighted by Crippen LogP contribution is -2.57. The van der Waals surface area contributed by atoms with E-state index in [1.54, 1.807) is 24.3 Å². The molecule has 0 radical (unpaired) electrons. The Kier molecular flexibility index (Phi) is 7.69. The molecule has 1 aliphatic rings. The summed E-state index contributed by atoms with van der Waals surface area (Å²) in [6, 6.07) is 17.6. The van der Waals surface area contributed by atoms with E-state index in [4.69, 9.17) is 0 Å². The maximum absolute atomic E-state index is 12.5. The minimum atomic E-state index is -3.41. The molecule has 0 amide bonds. The third-order valence-corrected chi connectivity index (χ3v) is 6.90. The number of hydrogen-bond donors (Lipinski definition) is 1. The average molecular weight is 446 g/mol. The Morgan fingerprint density at radius 1 is 1.03 bits per heavy atom. The van der Waals surface area contributed by atoms with Gasteiger partial charge in [0.2, 0.25) is 10.0 Å². The smallest absolute Gasteiger partial charge is 0.337 e. The highest BCUT2D eigenvalue weighted by Crippen LogP contribution is 2.24. The summed E-state index contributed by atoms with van der Waals surface area (Å²) in [6.07, 6.45) is 0. The average Bonchev–Trinajstić information content (AvgIpc) is 2.76. The van der Waals surface area contributed by atoms with E-state index in [9.17, 15) is 13.2 Å². The Morgan fingerprint density at radius 3 is 2.23 bits per heavy atom. The summed E-state index contributed by atoms with van der Waals surface area (Å²) in [5.74, 6) is -0.360. The highest BCUT2D eigenvalue weighted by molar-refractivity contribution is 7.89. The molecule has 1 saturated heterocycles. The van der Waals surface area contributed by atoms with Gasteiger partial charge in [0.1, 0.15) is 0 Å². The maximum atomic E-state index is 12.5. The number of esters is 1. The Hall–Kier alpha value is -2.42. The van der Waals surface area contributed by atoms with Crippen molar-refractivity contribution in [2.45, 2.75) is 32.5 Å². The molecule has 1 N–H and O–H groups in total. The normalized spacial score (nSPS) is 19.9. The molecule has 2 atom stereocenters. The molecule has 31 heavy (non-hydrogen) atoms. The van der Waals surface area contributed by atoms with Gasteiger partial charge in [-0.3, -0.25) is 4.90 Å². The minimum absolute atomic E-state index is 0.0536. The van der Waals surface area contributed by atoms with Gasteiger partial charge in [-0.1, -0.05) is 30.3 Å². The van der Waals surface area contributed by atoms with Gasteiger partial charge in [-0.2, -0.15) is 0 Å². The number of ether oxygens (including phenoxy) is 1. The first-order chi connectivity index (χ1) is 14.8. The van der Waals surface area contributed by atoms with Gasteiger partial charge < -0.3 is 9.64 Å². The SMILES string of the molecule is COC(=O)c1ccc(CNS(=O)(=O)CCN2C[C@@H](C)N(c3ccccc3)[C@@H](C)C2)cc1. The van der Waals surface area contributed by atoms with Crippen molar-refractivity contribution in [2.75, 3.05) is 37.4 Å². The van der Waals surface area contributed by atoms with Crippen LogP contribution in [-0.2, 0) is 21.3 Å². The van der Waals surface area contributed by atoms with Gasteiger partial charge in [-0.15, -0.1) is 0 Å². The van der Waals surface area contributed by atoms with Crippen LogP contribution in [-0.4, -0.2) is 63.9 Å². The summed E-state index contributed by atoms with van der Waals surface area (Å²) in [6.45, 7) is 6.70. The van der Waals surface area contributed by atoms with E-state index >= 15 is 0 Å². The monoisotopic (exact) mass is 445 g/mol. The molecular weight excluding hydrogens is 414 g/mol. The molecule has 0 saturated carbocycles. The van der Waals surface area contributed by atoms with E-state index < -0.39 is 16.0 Å². The molecule has 8 heteroatoms. The van der Waals surface area contributed by atoms with Crippen molar-refractivity contribution in [1.29, 1.82) is 0 Å². The number of nitrogens with one attached hydrogen (secondary N) is 1. The lowest BCUT2D eigenvalue weighted by atomic mass is 10.1. The Bertz CT molecular complexity index is 952. The fourth-order valence-electron chi connectivity index (χ4n) is 4.12. The number of carbonyl (C=O) groups is 1. The predicted octanol–water partition coefficient (Wildman–Crippen LogP) is 2.49. The van der Waals surface area contributed by atoms with E-state index in [2.05, 4.69) is 45.2 Å². The molecule has 2 aromatic rings. The fourth-order valence-corrected chi connectivity index (χ4v) is 5.14. The number of methoxy groups -OCH3 is 1. The van der Waals surface area contributed by atoms with E-state index in [-0.39, 0.29) is 12.3 Å². The minimum Gasteiger partial charge on any atom is -0.465 e. The standard InChI is InChI=1S/C23H31N3O4S/c1-18-16-25(17-19(2)26(18)22-7-5-4-6-8-22)13-14-31(28,29)24-15-20-9-11-21(12-10-20)23(27)30-3/h4-12,18-19,24H,13-17H2,1-3H3/t18-,19+. The molecule has 2 aromatic carbocycles. The molecule has 0 unspecified atom stereocenters. The van der Waals surface area contributed by atoms with Crippen molar-refractivity contribution in [3.63, 3.8) is 0 Å². The Balaban J connectivity index is 1.49. The summed E-state index contributed by atoms with van der Waals surface area (Å²) < 4.78 is 32.3. The van der Waals surface area contributed by atoms with Crippen LogP contribution in [0.3, 0.4) is 0 Å². The predicted molar refractivity (Wildman–Crippen MR) is 123 cm³/mol. The van der Waals surface area contributed by atoms with Crippen molar-refractivity contribution in [2.24, 2.45) is 0 Å². The first-order valence-corrected chi connectivity index (χ1v) is 12.1. The number of anilines is 1. The number of para-hydroxylation sites is 1. The van der Waals surface area contributed by atoms with Crippen LogP contribution < -0.4 is 9.62 Å². The third-order valence-electron chi connectivity index (χ3n) is 5.60. The van der Waals surface area contributed by atoms with E-state index in [1.165, 1.54) is 12.8 Å². The van der Waals surface area contributed by atoms with Gasteiger partial charge in [0.15, 0.2) is 0 Å². The highest BCUT2D eigenvalue weighted by Gasteiger charge is 2.30. The number of piperazine rings is 1. The van der Waals surface area contributed by atoms with E-state index in [1.807, 2.05) is 18.2 Å². The van der Waals surface area contributed by atoms with Crippen molar-refractivity contribution < 1.29 is 17.9 Å². The van der Waals surface area contributed by atoms with Crippen molar-refractivity contribution >= 4 is 21.7 Å². The maximum Gasteiger partial charge on any atom is 0.337 e. The van der Waals surface area contributed by atoms with Gasteiger partial charge in [0.25, 0.3) is 0 Å². The van der Waals surface area contributed by atoms with E-state index in [0.717, 1.165) is 18.7 Å². The van der Waals surface area contributed by atoms with Crippen LogP contribution in [0.5, 0.6) is 0 Å². The number of benzene rings is 2. The van der Waals surface area contributed by atoms with Gasteiger partial charge in [0, 0.05) is 44.0 Å². The summed E-state index contributed by atoms with van der Waals surface area (Å²) in [5.41, 5.74) is 2.43. The molecule has 0 spiro atoms. The molecule has 1 heterocycles. The molecule has 0 bridgehead atoms. The zero-order valence-electron chi connectivity index (χ0n) is 18.3. The van der Waals surface area contributed by atoms with E-state index in [0.29, 0.717) is 24.2 Å². The van der Waals surface area contributed by atoms with Crippen molar-refractivity contribution in [1.82, 2.24) is 9.62 Å². The van der Waals surface area contributed by atoms with Crippen LogP contribution in [0.2, 0.25) is 0 Å². The van der Waals surface area contributed by atoms with Crippen LogP contribution in [0.25, 0.3) is 0 Å². The zero-order valence-corrected chi connectivity index (χ0v) is 19.1. The van der Waals surface area contributed by atoms with Gasteiger partial charge in [-0.25, -0.2) is 17.9 Å². The summed E-state index contributed by atoms with van der Waals surface area (Å²) in [5, 5.41) is 0. The number of rotatable bonds is 8. The van der Waals surface area contributed by atoms with Crippen LogP contribution in [0.15, 0.2) is 54.6 Å². The molecule has 168 valence electrons. The zero-order chi connectivity index (χ0) is 22.4. The van der Waals surface area contributed by atoms with Crippen LogP contribution in [0.4, 0.5) is 5.69 Å². The number of hydrogen-bond acceptors (Lipinski definition) is 6. The fraction of sp³-hybridized carbons (Fsp3) is 0.435. The largest absolute Gasteiger partial charge is 0.465 e. The second-order valence-corrected chi connectivity index (χ2v) is 9.96. The third kappa shape index (κ3) is 6.29. The van der Waals surface area contributed by atoms with Gasteiger partial charge >= 0.3 is 5.97 Å². The topological polar surface area (TPSA) is 78.9 Å². The lowest BCUT2D eigenvalue weighted by molar-refractivity contribution is 0.0600. The second-order valence-electron chi connectivity index (χ2n) is 8.03. The Labute approximate surface area is 185 Å². The van der Waals surface area contributed by atoms with Crippen LogP contribution in [0.1, 0.15) is 29.8 Å². The van der Waals surface area contributed by atoms with Gasteiger partial charge in [0.05, 0.1) is 18.4 Å². The number of carbonyl (C=O) groups excluding carboxylic acids is 1. The summed E-state index contributed by atoms with van der Waals surface area (Å²) in [4.78, 5) is 16.1. The van der Waals surface area contributed by atoms with Gasteiger partial charge in [-0.05, 0) is 43.7 Å². The van der Waals surface area contributed by atoms with Crippen molar-refractivity contribution in [3.8, 4) is 0 Å². The molecule has 7 nitrogen and oxygen atoms in total. The second kappa shape index (κ2) is 10.3. The molecule has 0 aromatic heterocycles. The summed E-state index contributed by atoms with van der Waals surface area (Å²) >= 11 is 0. The quantitative estimate of drug-likeness (QED) is 0.629. The number of sulfonamides is 1. The molecule has 3 rings (SSSR count). The first-order valence-electron chi connectivity index (χ1n) is 10.5. The number of nitrogens with zero attached hydrogens (tertiary/aromatic N) is 2. The van der Waals surface area contributed by atoms with Crippen LogP contribution in [0, 0.1) is 0 Å². The Morgan fingerprint density at radius 2 is 1.65 bits per heavy atom. The highest BCUT2D eigenvalue weighted by atomic mass is 32.2. The lowest BCUT2D eigenvalue weighted by Gasteiger charge is -2.46. The molecular formula is C23H31N3O4S.